The zero-order chi connectivity index (χ0) is 14.0. The molecule has 5 heteroatoms. The number of hydrogen-bond donors (Lipinski definition) is 3. The van der Waals surface area contributed by atoms with E-state index in [1.165, 1.54) is 0 Å². The highest BCUT2D eigenvalue weighted by Crippen LogP contribution is 2.08. The number of aliphatic carboxylic acids is 1. The molecule has 18 heavy (non-hydrogen) atoms. The predicted molar refractivity (Wildman–Crippen MR) is 70.6 cm³/mol. The van der Waals surface area contributed by atoms with E-state index < -0.39 is 12.1 Å². The summed E-state index contributed by atoms with van der Waals surface area (Å²) in [5.41, 5.74) is 0. The Morgan fingerprint density at radius 2 is 1.94 bits per heavy atom. The Morgan fingerprint density at radius 1 is 1.28 bits per heavy atom. The zero-order valence-corrected chi connectivity index (χ0v) is 11.7. The largest absolute Gasteiger partial charge is 0.481 e. The van der Waals surface area contributed by atoms with Crippen LogP contribution in [0.1, 0.15) is 40.0 Å². The summed E-state index contributed by atoms with van der Waals surface area (Å²) in [5, 5.41) is 21.3. The molecule has 0 heterocycles. The Morgan fingerprint density at radius 3 is 2.50 bits per heavy atom. The summed E-state index contributed by atoms with van der Waals surface area (Å²) in [4.78, 5) is 10.4. The maximum atomic E-state index is 10.4. The Kier molecular flexibility index (Phi) is 9.92. The lowest BCUT2D eigenvalue weighted by Gasteiger charge is -2.15. The molecule has 2 atom stereocenters. The average molecular weight is 261 g/mol. The number of hydrogen-bond acceptors (Lipinski definition) is 4. The maximum Gasteiger partial charge on any atom is 0.303 e. The summed E-state index contributed by atoms with van der Waals surface area (Å²) in [6.07, 6.45) is 1.50. The highest BCUT2D eigenvalue weighted by Gasteiger charge is 2.07. The minimum Gasteiger partial charge on any atom is -0.481 e. The van der Waals surface area contributed by atoms with E-state index in [9.17, 15) is 9.90 Å². The topological polar surface area (TPSA) is 78.8 Å². The lowest BCUT2D eigenvalue weighted by atomic mass is 10.0. The number of carboxylic acid groups (broad SMARTS) is 1. The van der Waals surface area contributed by atoms with Crippen molar-refractivity contribution in [2.45, 2.75) is 52.2 Å². The molecule has 0 aliphatic rings. The Balaban J connectivity index is 3.40. The molecule has 0 amide bonds. The third-order valence-corrected chi connectivity index (χ3v) is 2.67. The van der Waals surface area contributed by atoms with Crippen molar-refractivity contribution >= 4 is 5.97 Å². The van der Waals surface area contributed by atoms with Crippen molar-refractivity contribution in [1.82, 2.24) is 5.32 Å². The van der Waals surface area contributed by atoms with E-state index in [4.69, 9.17) is 9.84 Å². The predicted octanol–water partition coefficient (Wildman–Crippen LogP) is 1.25. The molecule has 0 aromatic carbocycles. The number of carbonyl (C=O) groups is 1. The number of aliphatic hydroxyl groups is 1. The Bertz CT molecular complexity index is 221. The fourth-order valence-electron chi connectivity index (χ4n) is 1.49. The van der Waals surface area contributed by atoms with Gasteiger partial charge in [-0.1, -0.05) is 6.92 Å². The van der Waals surface area contributed by atoms with Crippen LogP contribution in [0.2, 0.25) is 0 Å². The van der Waals surface area contributed by atoms with Gasteiger partial charge >= 0.3 is 5.97 Å². The second-order valence-corrected chi connectivity index (χ2v) is 5.07. The zero-order valence-electron chi connectivity index (χ0n) is 11.7. The fraction of sp³-hybridized carbons (Fsp3) is 0.923. The minimum atomic E-state index is -0.740. The van der Waals surface area contributed by atoms with Crippen LogP contribution < -0.4 is 5.32 Å². The van der Waals surface area contributed by atoms with Gasteiger partial charge in [-0.2, -0.15) is 0 Å². The van der Waals surface area contributed by atoms with Gasteiger partial charge in [0.25, 0.3) is 0 Å². The van der Waals surface area contributed by atoms with Crippen LogP contribution in [0.15, 0.2) is 0 Å². The first-order valence-electron chi connectivity index (χ1n) is 6.64. The maximum absolute atomic E-state index is 10.4. The van der Waals surface area contributed by atoms with Gasteiger partial charge in [0.15, 0.2) is 0 Å². The monoisotopic (exact) mass is 261 g/mol. The van der Waals surface area contributed by atoms with Crippen molar-refractivity contribution in [2.75, 3.05) is 19.7 Å². The second-order valence-electron chi connectivity index (χ2n) is 5.07. The molecule has 2 unspecified atom stereocenters. The quantitative estimate of drug-likeness (QED) is 0.488. The van der Waals surface area contributed by atoms with Crippen LogP contribution in [0, 0.1) is 5.92 Å². The summed E-state index contributed by atoms with van der Waals surface area (Å²) in [6.45, 7) is 7.56. The minimum absolute atomic E-state index is 0.135. The molecule has 3 N–H and O–H groups in total. The molecule has 0 bridgehead atoms. The first-order chi connectivity index (χ1) is 8.41. The van der Waals surface area contributed by atoms with Crippen LogP contribution in [0.4, 0.5) is 0 Å². The van der Waals surface area contributed by atoms with Crippen LogP contribution in [0.5, 0.6) is 0 Å². The van der Waals surface area contributed by atoms with Gasteiger partial charge in [-0.05, 0) is 39.2 Å². The highest BCUT2D eigenvalue weighted by molar-refractivity contribution is 5.66. The lowest BCUT2D eigenvalue weighted by molar-refractivity contribution is -0.137. The summed E-state index contributed by atoms with van der Waals surface area (Å²) in [6, 6.07) is 0. The van der Waals surface area contributed by atoms with Crippen LogP contribution in [-0.2, 0) is 9.53 Å². The average Bonchev–Trinajstić information content (AvgIpc) is 2.29. The third-order valence-electron chi connectivity index (χ3n) is 2.67. The van der Waals surface area contributed by atoms with E-state index >= 15 is 0 Å². The molecule has 0 aromatic heterocycles. The molecule has 0 saturated heterocycles. The van der Waals surface area contributed by atoms with Gasteiger partial charge in [0.1, 0.15) is 0 Å². The van der Waals surface area contributed by atoms with E-state index in [1.807, 2.05) is 20.8 Å². The molecule has 0 radical (unpaired) electrons. The summed E-state index contributed by atoms with van der Waals surface area (Å²) in [7, 11) is 0. The SMILES string of the molecule is CC(CCNCC(O)COC(C)C)CCC(=O)O. The first-order valence-corrected chi connectivity index (χ1v) is 6.64. The lowest BCUT2D eigenvalue weighted by Crippen LogP contribution is -2.32. The Hall–Kier alpha value is -0.650. The molecule has 0 aliphatic carbocycles. The summed E-state index contributed by atoms with van der Waals surface area (Å²) in [5.74, 6) is -0.353. The van der Waals surface area contributed by atoms with Gasteiger partial charge in [-0.25, -0.2) is 0 Å². The Labute approximate surface area is 110 Å². The molecular formula is C13H27NO4. The number of nitrogens with one attached hydrogen (secondary N) is 1. The first kappa shape index (κ1) is 17.4. The molecule has 0 saturated carbocycles. The van der Waals surface area contributed by atoms with Crippen molar-refractivity contribution in [2.24, 2.45) is 5.92 Å². The van der Waals surface area contributed by atoms with Crippen molar-refractivity contribution in [1.29, 1.82) is 0 Å². The highest BCUT2D eigenvalue weighted by atomic mass is 16.5. The van der Waals surface area contributed by atoms with Crippen LogP contribution in [0.25, 0.3) is 0 Å². The van der Waals surface area contributed by atoms with E-state index in [0.717, 1.165) is 13.0 Å². The molecule has 0 aliphatic heterocycles. The van der Waals surface area contributed by atoms with Crippen molar-refractivity contribution in [3.05, 3.63) is 0 Å². The summed E-state index contributed by atoms with van der Waals surface area (Å²) >= 11 is 0. The van der Waals surface area contributed by atoms with E-state index in [0.29, 0.717) is 25.5 Å². The van der Waals surface area contributed by atoms with Crippen molar-refractivity contribution in [3.8, 4) is 0 Å². The molecule has 0 spiro atoms. The second kappa shape index (κ2) is 10.3. The number of ether oxygens (including phenoxy) is 1. The molecule has 0 rings (SSSR count). The number of aliphatic hydroxyl groups excluding tert-OH is 1. The molecule has 108 valence electrons. The van der Waals surface area contributed by atoms with Gasteiger partial charge in [0.2, 0.25) is 0 Å². The van der Waals surface area contributed by atoms with Gasteiger partial charge in [0.05, 0.1) is 18.8 Å². The summed E-state index contributed by atoms with van der Waals surface area (Å²) < 4.78 is 5.29. The molecule has 5 nitrogen and oxygen atoms in total. The van der Waals surface area contributed by atoms with Crippen molar-refractivity contribution < 1.29 is 19.7 Å². The normalized spacial score (nSPS) is 14.7. The van der Waals surface area contributed by atoms with Gasteiger partial charge in [-0.15, -0.1) is 0 Å². The molecule has 0 aromatic rings. The van der Waals surface area contributed by atoms with Gasteiger partial charge in [0, 0.05) is 13.0 Å². The van der Waals surface area contributed by atoms with Gasteiger partial charge in [-0.3, -0.25) is 4.79 Å². The van der Waals surface area contributed by atoms with E-state index in [2.05, 4.69) is 5.32 Å². The number of rotatable bonds is 11. The van der Waals surface area contributed by atoms with E-state index in [1.54, 1.807) is 0 Å². The standard InChI is InChI=1S/C13H27NO4/c1-10(2)18-9-12(15)8-14-7-6-11(3)4-5-13(16)17/h10-12,14-15H,4-9H2,1-3H3,(H,16,17). The molecular weight excluding hydrogens is 234 g/mol. The molecule has 0 fully saturated rings. The van der Waals surface area contributed by atoms with Crippen LogP contribution in [-0.4, -0.2) is 48.1 Å². The fourth-order valence-corrected chi connectivity index (χ4v) is 1.49. The number of carboxylic acids is 1. The smallest absolute Gasteiger partial charge is 0.303 e. The third kappa shape index (κ3) is 11.8. The van der Waals surface area contributed by atoms with E-state index in [-0.39, 0.29) is 12.5 Å². The van der Waals surface area contributed by atoms with Crippen LogP contribution in [0.3, 0.4) is 0 Å². The van der Waals surface area contributed by atoms with Crippen molar-refractivity contribution in [3.63, 3.8) is 0 Å². The van der Waals surface area contributed by atoms with Gasteiger partial charge < -0.3 is 20.3 Å². The van der Waals surface area contributed by atoms with Crippen LogP contribution >= 0.6 is 0 Å².